The van der Waals surface area contributed by atoms with Gasteiger partial charge in [-0.1, -0.05) is 0 Å². The first-order valence-corrected chi connectivity index (χ1v) is 7.19. The van der Waals surface area contributed by atoms with Crippen molar-refractivity contribution in [3.8, 4) is 0 Å². The van der Waals surface area contributed by atoms with E-state index in [9.17, 15) is 16.8 Å². The highest BCUT2D eigenvalue weighted by Gasteiger charge is 2.18. The molecule has 0 fully saturated rings. The van der Waals surface area contributed by atoms with Crippen molar-refractivity contribution in [2.24, 2.45) is 10.3 Å². The molecule has 1 aromatic rings. The van der Waals surface area contributed by atoms with E-state index in [0.717, 1.165) is 18.2 Å². The number of anilines is 1. The zero-order valence-electron chi connectivity index (χ0n) is 7.71. The molecule has 1 rings (SSSR count). The Morgan fingerprint density at radius 1 is 1.06 bits per heavy atom. The number of rotatable bonds is 3. The summed E-state index contributed by atoms with van der Waals surface area (Å²) in [5.74, 6) is 0. The van der Waals surface area contributed by atoms with Crippen LogP contribution in [-0.2, 0) is 20.0 Å². The fourth-order valence-corrected chi connectivity index (χ4v) is 2.55. The lowest BCUT2D eigenvalue weighted by Crippen LogP contribution is -2.17. The Kier molecular flexibility index (Phi) is 3.45. The quantitative estimate of drug-likeness (QED) is 0.647. The van der Waals surface area contributed by atoms with Gasteiger partial charge in [-0.15, -0.1) is 0 Å². The summed E-state index contributed by atoms with van der Waals surface area (Å²) in [5, 5.41) is 9.73. The highest BCUT2D eigenvalue weighted by molar-refractivity contribution is 7.90. The lowest BCUT2D eigenvalue weighted by Gasteiger charge is -2.07. The molecule has 0 aliphatic heterocycles. The largest absolute Gasteiger partial charge is 0.297 e. The summed E-state index contributed by atoms with van der Waals surface area (Å²) >= 11 is 5.25. The minimum Gasteiger partial charge on any atom is -0.297 e. The van der Waals surface area contributed by atoms with Crippen molar-refractivity contribution in [1.29, 1.82) is 0 Å². The third-order valence-electron chi connectivity index (χ3n) is 1.69. The third kappa shape index (κ3) is 2.83. The maximum atomic E-state index is 11.1. The van der Waals surface area contributed by atoms with Crippen molar-refractivity contribution in [2.75, 3.05) is 4.84 Å². The summed E-state index contributed by atoms with van der Waals surface area (Å²) in [4.78, 5) is 1.24. The molecule has 0 aliphatic rings. The topological polar surface area (TPSA) is 132 Å². The zero-order valence-corrected chi connectivity index (χ0v) is 10.1. The van der Waals surface area contributed by atoms with E-state index < -0.39 is 24.9 Å². The number of halogens is 1. The fraction of sp³-hybridized carbons (Fsp3) is 0. The number of sulfonamides is 2. The number of primary sulfonamides is 2. The van der Waals surface area contributed by atoms with Crippen LogP contribution < -0.4 is 15.1 Å². The molecular weight excluding hydrogens is 278 g/mol. The molecule has 0 saturated heterocycles. The van der Waals surface area contributed by atoms with Gasteiger partial charge in [0.05, 0.1) is 10.6 Å². The summed E-state index contributed by atoms with van der Waals surface area (Å²) in [5.41, 5.74) is -0.0310. The van der Waals surface area contributed by atoms with Gasteiger partial charge in [-0.05, 0) is 18.2 Å². The van der Waals surface area contributed by atoms with Crippen molar-refractivity contribution in [1.82, 2.24) is 0 Å². The van der Waals surface area contributed by atoms with Gasteiger partial charge in [-0.3, -0.25) is 4.84 Å². The summed E-state index contributed by atoms with van der Waals surface area (Å²) in [7, 11) is -8.10. The van der Waals surface area contributed by atoms with Gasteiger partial charge in [0, 0.05) is 11.8 Å². The Morgan fingerprint density at radius 2 is 1.62 bits per heavy atom. The molecule has 7 nitrogen and oxygen atoms in total. The van der Waals surface area contributed by atoms with Crippen LogP contribution >= 0.6 is 11.8 Å². The summed E-state index contributed by atoms with van der Waals surface area (Å²) in [6.07, 6.45) is 0. The van der Waals surface area contributed by atoms with Gasteiger partial charge in [0.15, 0.2) is 0 Å². The van der Waals surface area contributed by atoms with Crippen molar-refractivity contribution in [3.63, 3.8) is 0 Å². The molecule has 0 aliphatic carbocycles. The van der Waals surface area contributed by atoms with Crippen LogP contribution in [0.15, 0.2) is 28.0 Å². The van der Waals surface area contributed by atoms with E-state index in [2.05, 4.69) is 4.84 Å². The van der Waals surface area contributed by atoms with E-state index in [0.29, 0.717) is 0 Å². The van der Waals surface area contributed by atoms with Crippen molar-refractivity contribution in [2.45, 2.75) is 9.79 Å². The first-order valence-electron chi connectivity index (χ1n) is 3.72. The Bertz CT molecular complexity index is 611. The maximum Gasteiger partial charge on any atom is 0.240 e. The second-order valence-corrected chi connectivity index (χ2v) is 6.12. The van der Waals surface area contributed by atoms with Crippen molar-refractivity contribution in [3.05, 3.63) is 18.2 Å². The lowest BCUT2D eigenvalue weighted by molar-refractivity contribution is 0.596. The smallest absolute Gasteiger partial charge is 0.240 e. The predicted molar refractivity (Wildman–Crippen MR) is 58.7 cm³/mol. The molecule has 5 N–H and O–H groups in total. The molecule has 0 spiro atoms. The van der Waals surface area contributed by atoms with Crippen LogP contribution in [0, 0.1) is 0 Å². The Balaban J connectivity index is 3.58. The highest BCUT2D eigenvalue weighted by Crippen LogP contribution is 2.23. The number of nitrogens with one attached hydrogen (secondary N) is 1. The van der Waals surface area contributed by atoms with E-state index >= 15 is 0 Å². The number of hydrogen-bond donors (Lipinski definition) is 3. The van der Waals surface area contributed by atoms with Gasteiger partial charge in [0.2, 0.25) is 20.0 Å². The fourth-order valence-electron chi connectivity index (χ4n) is 0.993. The van der Waals surface area contributed by atoms with Gasteiger partial charge in [0.25, 0.3) is 0 Å². The molecule has 0 bridgehead atoms. The van der Waals surface area contributed by atoms with Crippen molar-refractivity contribution >= 4 is 37.5 Å². The normalized spacial score (nSPS) is 12.4. The van der Waals surface area contributed by atoms with Crippen LogP contribution in [0.25, 0.3) is 0 Å². The Hall–Kier alpha value is -0.870. The third-order valence-corrected chi connectivity index (χ3v) is 3.76. The SMILES string of the molecule is NS(=O)(=O)c1ccc(NCl)c(S(N)(=O)=O)c1. The van der Waals surface area contributed by atoms with Crippen LogP contribution in [0.3, 0.4) is 0 Å². The number of hydrogen-bond acceptors (Lipinski definition) is 5. The van der Waals surface area contributed by atoms with Crippen LogP contribution in [0.4, 0.5) is 5.69 Å². The Morgan fingerprint density at radius 3 is 2.00 bits per heavy atom. The van der Waals surface area contributed by atoms with E-state index in [1.807, 2.05) is 0 Å². The molecule has 0 aromatic heterocycles. The number of nitrogens with two attached hydrogens (primary N) is 2. The molecule has 90 valence electrons. The minimum absolute atomic E-state index is 0.0310. The van der Waals surface area contributed by atoms with E-state index in [-0.39, 0.29) is 10.6 Å². The van der Waals surface area contributed by atoms with Gasteiger partial charge in [-0.25, -0.2) is 27.1 Å². The maximum absolute atomic E-state index is 11.1. The van der Waals surface area contributed by atoms with Crippen LogP contribution in [0.1, 0.15) is 0 Å². The first-order chi connectivity index (χ1) is 7.16. The average molecular weight is 286 g/mol. The van der Waals surface area contributed by atoms with Crippen LogP contribution in [0.5, 0.6) is 0 Å². The standard InChI is InChI=1S/C6H8ClN3O4S2/c7-10-5-2-1-4(15(8,11)12)3-6(5)16(9,13)14/h1-3,10H,(H2,8,11,12)(H2,9,13,14). The molecule has 0 unspecified atom stereocenters. The average Bonchev–Trinajstić information content (AvgIpc) is 2.14. The van der Waals surface area contributed by atoms with E-state index in [1.165, 1.54) is 0 Å². The summed E-state index contributed by atoms with van der Waals surface area (Å²) in [6, 6.07) is 3.08. The molecule has 10 heteroatoms. The number of benzene rings is 1. The van der Waals surface area contributed by atoms with Gasteiger partial charge < -0.3 is 0 Å². The van der Waals surface area contributed by atoms with Gasteiger partial charge >= 0.3 is 0 Å². The molecule has 1 aromatic carbocycles. The molecule has 0 saturated carbocycles. The van der Waals surface area contributed by atoms with Crippen LogP contribution in [0.2, 0.25) is 0 Å². The summed E-state index contributed by atoms with van der Waals surface area (Å²) in [6.45, 7) is 0. The Labute approximate surface area is 97.6 Å². The molecule has 0 radical (unpaired) electrons. The molecule has 0 heterocycles. The second-order valence-electron chi connectivity index (χ2n) is 2.84. The van der Waals surface area contributed by atoms with Crippen LogP contribution in [-0.4, -0.2) is 16.8 Å². The highest BCUT2D eigenvalue weighted by atomic mass is 35.5. The molecule has 0 amide bonds. The molecule has 16 heavy (non-hydrogen) atoms. The summed E-state index contributed by atoms with van der Waals surface area (Å²) < 4.78 is 44.3. The van der Waals surface area contributed by atoms with E-state index in [1.54, 1.807) is 0 Å². The zero-order chi connectivity index (χ0) is 12.6. The first kappa shape index (κ1) is 13.2. The second kappa shape index (κ2) is 4.18. The molecule has 0 atom stereocenters. The predicted octanol–water partition coefficient (Wildman–Crippen LogP) is -0.453. The monoisotopic (exact) mass is 285 g/mol. The van der Waals surface area contributed by atoms with E-state index in [4.69, 9.17) is 22.1 Å². The lowest BCUT2D eigenvalue weighted by atomic mass is 10.3. The minimum atomic E-state index is -4.10. The van der Waals surface area contributed by atoms with Crippen molar-refractivity contribution < 1.29 is 16.8 Å². The van der Waals surface area contributed by atoms with Gasteiger partial charge in [0.1, 0.15) is 4.90 Å². The molecular formula is C6H8ClN3O4S2. The van der Waals surface area contributed by atoms with Gasteiger partial charge in [-0.2, -0.15) is 0 Å².